The topological polar surface area (TPSA) is 64.3 Å². The predicted octanol–water partition coefficient (Wildman–Crippen LogP) is 3.22. The van der Waals surface area contributed by atoms with Gasteiger partial charge < -0.3 is 4.42 Å². The van der Waals surface area contributed by atoms with Gasteiger partial charge in [0, 0.05) is 0 Å². The summed E-state index contributed by atoms with van der Waals surface area (Å²) < 4.78 is 29.6. The lowest BCUT2D eigenvalue weighted by Crippen LogP contribution is -2.11. The van der Waals surface area contributed by atoms with Crippen LogP contribution in [0.25, 0.3) is 0 Å². The van der Waals surface area contributed by atoms with Crippen LogP contribution in [0.3, 0.4) is 0 Å². The van der Waals surface area contributed by atoms with E-state index in [-0.39, 0.29) is 21.2 Å². The molecule has 0 N–H and O–H groups in total. The lowest BCUT2D eigenvalue weighted by molar-refractivity contribution is 0.109. The summed E-state index contributed by atoms with van der Waals surface area (Å²) in [7, 11) is -3.72. The second-order valence-electron chi connectivity index (χ2n) is 5.55. The standard InChI is InChI=1S/C15H16O4S/c1-15(2,3)11-4-7-13(8-5-11)20(17,18)14-9-6-12(10-16)19-14/h4-10H,1-3H3. The van der Waals surface area contributed by atoms with Gasteiger partial charge in [0.15, 0.2) is 12.0 Å². The maximum atomic E-state index is 12.3. The zero-order valence-corrected chi connectivity index (χ0v) is 12.4. The average molecular weight is 292 g/mol. The SMILES string of the molecule is CC(C)(C)c1ccc(S(=O)(=O)c2ccc(C=O)o2)cc1. The minimum atomic E-state index is -3.72. The first-order valence-corrected chi connectivity index (χ1v) is 7.64. The molecule has 0 atom stereocenters. The minimum Gasteiger partial charge on any atom is -0.442 e. The molecular formula is C15H16O4S. The number of benzene rings is 1. The van der Waals surface area contributed by atoms with Crippen molar-refractivity contribution < 1.29 is 17.6 Å². The molecule has 2 aromatic rings. The van der Waals surface area contributed by atoms with E-state index < -0.39 is 9.84 Å². The third kappa shape index (κ3) is 2.67. The van der Waals surface area contributed by atoms with Crippen molar-refractivity contribution in [3.63, 3.8) is 0 Å². The fourth-order valence-corrected chi connectivity index (χ4v) is 2.97. The normalized spacial score (nSPS) is 12.3. The molecule has 4 nitrogen and oxygen atoms in total. The first kappa shape index (κ1) is 14.5. The minimum absolute atomic E-state index is 0.00473. The van der Waals surface area contributed by atoms with E-state index in [2.05, 4.69) is 20.8 Å². The molecule has 1 heterocycles. The number of hydrogen-bond acceptors (Lipinski definition) is 4. The largest absolute Gasteiger partial charge is 0.442 e. The van der Waals surface area contributed by atoms with Crippen LogP contribution in [0.2, 0.25) is 0 Å². The molecule has 106 valence electrons. The van der Waals surface area contributed by atoms with Crippen molar-refractivity contribution in [1.82, 2.24) is 0 Å². The summed E-state index contributed by atoms with van der Waals surface area (Å²) in [4.78, 5) is 10.7. The first-order chi connectivity index (χ1) is 9.25. The Hall–Kier alpha value is -1.88. The summed E-state index contributed by atoms with van der Waals surface area (Å²) in [6, 6.07) is 9.31. The fraction of sp³-hybridized carbons (Fsp3) is 0.267. The van der Waals surface area contributed by atoms with Gasteiger partial charge in [0.05, 0.1) is 4.90 Å². The Morgan fingerprint density at radius 3 is 2.05 bits per heavy atom. The summed E-state index contributed by atoms with van der Waals surface area (Å²) in [6.07, 6.45) is 0.474. The average Bonchev–Trinajstić information content (AvgIpc) is 2.87. The molecule has 2 rings (SSSR count). The van der Waals surface area contributed by atoms with Gasteiger partial charge >= 0.3 is 0 Å². The van der Waals surface area contributed by atoms with Crippen molar-refractivity contribution in [3.8, 4) is 0 Å². The van der Waals surface area contributed by atoms with Gasteiger partial charge in [0.2, 0.25) is 14.9 Å². The number of aldehydes is 1. The van der Waals surface area contributed by atoms with E-state index in [1.165, 1.54) is 12.1 Å². The molecule has 0 spiro atoms. The Bertz CT molecular complexity index is 716. The van der Waals surface area contributed by atoms with Crippen LogP contribution in [0.4, 0.5) is 0 Å². The van der Waals surface area contributed by atoms with Gasteiger partial charge in [-0.25, -0.2) is 8.42 Å². The molecular weight excluding hydrogens is 276 g/mol. The molecule has 1 aromatic heterocycles. The summed E-state index contributed by atoms with van der Waals surface area (Å²) in [6.45, 7) is 6.16. The third-order valence-electron chi connectivity index (χ3n) is 3.01. The number of hydrogen-bond donors (Lipinski definition) is 0. The van der Waals surface area contributed by atoms with Gasteiger partial charge in [-0.15, -0.1) is 0 Å². The quantitative estimate of drug-likeness (QED) is 0.815. The van der Waals surface area contributed by atoms with Crippen LogP contribution in [0.15, 0.2) is 50.8 Å². The molecule has 0 aliphatic rings. The molecule has 0 bridgehead atoms. The van der Waals surface area contributed by atoms with E-state index in [0.29, 0.717) is 6.29 Å². The number of rotatable bonds is 3. The highest BCUT2D eigenvalue weighted by Gasteiger charge is 2.22. The zero-order valence-electron chi connectivity index (χ0n) is 11.6. The molecule has 0 aliphatic heterocycles. The van der Waals surface area contributed by atoms with E-state index in [1.54, 1.807) is 24.3 Å². The summed E-state index contributed by atoms with van der Waals surface area (Å²) in [5, 5.41) is -0.219. The number of carbonyl (C=O) groups is 1. The van der Waals surface area contributed by atoms with Crippen molar-refractivity contribution >= 4 is 16.1 Å². The van der Waals surface area contributed by atoms with Crippen LogP contribution in [0, 0.1) is 0 Å². The summed E-state index contributed by atoms with van der Waals surface area (Å²) >= 11 is 0. The Morgan fingerprint density at radius 2 is 1.60 bits per heavy atom. The van der Waals surface area contributed by atoms with E-state index in [9.17, 15) is 13.2 Å². The van der Waals surface area contributed by atoms with E-state index in [1.807, 2.05) is 0 Å². The second kappa shape index (κ2) is 4.90. The van der Waals surface area contributed by atoms with Crippen LogP contribution < -0.4 is 0 Å². The second-order valence-corrected chi connectivity index (χ2v) is 7.43. The summed E-state index contributed by atoms with van der Waals surface area (Å²) in [5.74, 6) is -0.00473. The van der Waals surface area contributed by atoms with Crippen LogP contribution >= 0.6 is 0 Å². The van der Waals surface area contributed by atoms with E-state index in [4.69, 9.17) is 4.42 Å². The molecule has 0 saturated carbocycles. The number of carbonyl (C=O) groups excluding carboxylic acids is 1. The monoisotopic (exact) mass is 292 g/mol. The maximum Gasteiger partial charge on any atom is 0.239 e. The van der Waals surface area contributed by atoms with Gasteiger partial charge in [0.25, 0.3) is 0 Å². The van der Waals surface area contributed by atoms with Crippen molar-refractivity contribution in [2.75, 3.05) is 0 Å². The van der Waals surface area contributed by atoms with Crippen LogP contribution in [0.1, 0.15) is 36.9 Å². The molecule has 0 unspecified atom stereocenters. The van der Waals surface area contributed by atoms with Crippen molar-refractivity contribution in [1.29, 1.82) is 0 Å². The molecule has 5 heteroatoms. The Balaban J connectivity index is 2.42. The number of furan rings is 1. The van der Waals surface area contributed by atoms with Crippen LogP contribution in [-0.4, -0.2) is 14.7 Å². The van der Waals surface area contributed by atoms with Gasteiger partial charge in [-0.1, -0.05) is 32.9 Å². The molecule has 0 amide bonds. The van der Waals surface area contributed by atoms with E-state index >= 15 is 0 Å². The highest BCUT2D eigenvalue weighted by atomic mass is 32.2. The molecule has 1 aromatic carbocycles. The van der Waals surface area contributed by atoms with Crippen molar-refractivity contribution in [2.45, 2.75) is 36.2 Å². The molecule has 0 aliphatic carbocycles. The molecule has 0 saturated heterocycles. The van der Waals surface area contributed by atoms with Crippen molar-refractivity contribution in [3.05, 3.63) is 47.7 Å². The van der Waals surface area contributed by atoms with Crippen LogP contribution in [0.5, 0.6) is 0 Å². The summed E-state index contributed by atoms with van der Waals surface area (Å²) in [5.41, 5.74) is 1.00. The first-order valence-electron chi connectivity index (χ1n) is 6.16. The Morgan fingerprint density at radius 1 is 1.00 bits per heavy atom. The van der Waals surface area contributed by atoms with Gasteiger partial charge in [-0.05, 0) is 35.2 Å². The Labute approximate surface area is 118 Å². The van der Waals surface area contributed by atoms with E-state index in [0.717, 1.165) is 5.56 Å². The van der Waals surface area contributed by atoms with Gasteiger partial charge in [-0.2, -0.15) is 0 Å². The molecule has 20 heavy (non-hydrogen) atoms. The number of sulfone groups is 1. The lowest BCUT2D eigenvalue weighted by Gasteiger charge is -2.18. The van der Waals surface area contributed by atoms with Gasteiger partial charge in [0.1, 0.15) is 0 Å². The van der Waals surface area contributed by atoms with Crippen molar-refractivity contribution in [2.24, 2.45) is 0 Å². The smallest absolute Gasteiger partial charge is 0.239 e. The van der Waals surface area contributed by atoms with Crippen LogP contribution in [-0.2, 0) is 15.3 Å². The molecule has 0 radical (unpaired) electrons. The predicted molar refractivity (Wildman–Crippen MR) is 74.7 cm³/mol. The highest BCUT2D eigenvalue weighted by Crippen LogP contribution is 2.26. The zero-order chi connectivity index (χ0) is 15.0. The third-order valence-corrected chi connectivity index (χ3v) is 4.66. The highest BCUT2D eigenvalue weighted by molar-refractivity contribution is 7.91. The Kier molecular flexibility index (Phi) is 3.56. The molecule has 0 fully saturated rings. The lowest BCUT2D eigenvalue weighted by atomic mass is 9.87. The van der Waals surface area contributed by atoms with Gasteiger partial charge in [-0.3, -0.25) is 4.79 Å². The fourth-order valence-electron chi connectivity index (χ4n) is 1.79. The maximum absolute atomic E-state index is 12.3.